The molecule has 5 nitrogen and oxygen atoms in total. The second-order valence-electron chi connectivity index (χ2n) is 10.5. The topological polar surface area (TPSA) is 70.2 Å². The lowest BCUT2D eigenvalue weighted by molar-refractivity contribution is -0.115. The predicted octanol–water partition coefficient (Wildman–Crippen LogP) is 6.19. The Labute approximate surface area is 212 Å². The highest BCUT2D eigenvalue weighted by Gasteiger charge is 2.34. The van der Waals surface area contributed by atoms with E-state index in [0.29, 0.717) is 23.0 Å². The van der Waals surface area contributed by atoms with Crippen LogP contribution in [0.4, 0.5) is 10.7 Å². The van der Waals surface area contributed by atoms with E-state index in [2.05, 4.69) is 36.7 Å². The van der Waals surface area contributed by atoms with Gasteiger partial charge in [0.25, 0.3) is 5.91 Å². The summed E-state index contributed by atoms with van der Waals surface area (Å²) in [6.45, 7) is 9.64. The zero-order chi connectivity index (χ0) is 25.0. The third kappa shape index (κ3) is 6.38. The van der Waals surface area contributed by atoms with Crippen molar-refractivity contribution in [3.05, 3.63) is 81.7 Å². The zero-order valence-electron chi connectivity index (χ0n) is 21.0. The summed E-state index contributed by atoms with van der Waals surface area (Å²) in [7, 11) is 0. The van der Waals surface area contributed by atoms with Crippen molar-refractivity contribution in [3.8, 4) is 0 Å². The summed E-state index contributed by atoms with van der Waals surface area (Å²) in [5, 5.41) is 9.95. The number of benzene rings is 2. The Morgan fingerprint density at radius 2 is 1.80 bits per heavy atom. The lowest BCUT2D eigenvalue weighted by Crippen LogP contribution is -2.28. The molecule has 0 spiro atoms. The maximum absolute atomic E-state index is 13.5. The van der Waals surface area contributed by atoms with E-state index in [1.54, 1.807) is 11.3 Å². The number of fused-ring (bicyclic) bond motifs is 1. The van der Waals surface area contributed by atoms with Gasteiger partial charge in [0.2, 0.25) is 5.91 Å². The minimum absolute atomic E-state index is 0.142. The van der Waals surface area contributed by atoms with Crippen molar-refractivity contribution in [1.82, 2.24) is 5.32 Å². The van der Waals surface area contributed by atoms with Crippen molar-refractivity contribution in [3.63, 3.8) is 0 Å². The van der Waals surface area contributed by atoms with Gasteiger partial charge in [-0.3, -0.25) is 9.59 Å². The molecule has 0 bridgehead atoms. The molecular weight excluding hydrogens is 454 g/mol. The number of thiophene rings is 1. The first-order valence-electron chi connectivity index (χ1n) is 12.3. The minimum Gasteiger partial charge on any atom is -0.322 e. The third-order valence-corrected chi connectivity index (χ3v) is 7.87. The fraction of sp³-hybridized carbons (Fsp3) is 0.379. The predicted molar refractivity (Wildman–Crippen MR) is 145 cm³/mol. The third-order valence-electron chi connectivity index (χ3n) is 6.70. The van der Waals surface area contributed by atoms with Crippen molar-refractivity contribution in [2.24, 2.45) is 11.3 Å². The lowest BCUT2D eigenvalue weighted by Gasteiger charge is -2.33. The summed E-state index contributed by atoms with van der Waals surface area (Å²) in [5.41, 5.74) is 4.89. The van der Waals surface area contributed by atoms with Crippen LogP contribution in [0.1, 0.15) is 59.1 Å². The van der Waals surface area contributed by atoms with Gasteiger partial charge < -0.3 is 16.0 Å². The maximum Gasteiger partial charge on any atom is 0.258 e. The summed E-state index contributed by atoms with van der Waals surface area (Å²) in [6.07, 6.45) is 2.84. The van der Waals surface area contributed by atoms with Crippen LogP contribution in [0.3, 0.4) is 0 Å². The highest BCUT2D eigenvalue weighted by Crippen LogP contribution is 2.44. The molecule has 1 aliphatic carbocycles. The van der Waals surface area contributed by atoms with Crippen molar-refractivity contribution in [2.75, 3.05) is 17.2 Å². The van der Waals surface area contributed by atoms with E-state index in [1.165, 1.54) is 4.88 Å². The second kappa shape index (κ2) is 10.8. The molecule has 6 heteroatoms. The van der Waals surface area contributed by atoms with Crippen LogP contribution in [0, 0.1) is 18.3 Å². The molecule has 35 heavy (non-hydrogen) atoms. The van der Waals surface area contributed by atoms with Gasteiger partial charge in [-0.15, -0.1) is 11.3 Å². The van der Waals surface area contributed by atoms with Crippen LogP contribution in [0.25, 0.3) is 0 Å². The monoisotopic (exact) mass is 489 g/mol. The van der Waals surface area contributed by atoms with Gasteiger partial charge in [0.05, 0.1) is 12.1 Å². The van der Waals surface area contributed by atoms with Crippen molar-refractivity contribution in [2.45, 2.75) is 53.5 Å². The molecule has 2 amide bonds. The number of nitrogens with one attached hydrogen (secondary N) is 3. The maximum atomic E-state index is 13.5. The lowest BCUT2D eigenvalue weighted by atomic mass is 9.72. The van der Waals surface area contributed by atoms with Crippen LogP contribution in [-0.4, -0.2) is 18.4 Å². The number of carbonyl (C=O) groups is 2. The van der Waals surface area contributed by atoms with Gasteiger partial charge in [-0.25, -0.2) is 0 Å². The van der Waals surface area contributed by atoms with Gasteiger partial charge in [-0.05, 0) is 66.3 Å². The van der Waals surface area contributed by atoms with Crippen molar-refractivity contribution < 1.29 is 9.59 Å². The van der Waals surface area contributed by atoms with Crippen LogP contribution in [-0.2, 0) is 24.2 Å². The molecule has 0 fully saturated rings. The average molecular weight is 490 g/mol. The highest BCUT2D eigenvalue weighted by atomic mass is 32.1. The summed E-state index contributed by atoms with van der Waals surface area (Å²) >= 11 is 1.56. The van der Waals surface area contributed by atoms with E-state index in [9.17, 15) is 9.59 Å². The van der Waals surface area contributed by atoms with Crippen LogP contribution in [0.15, 0.2) is 54.6 Å². The molecule has 1 aliphatic rings. The van der Waals surface area contributed by atoms with E-state index >= 15 is 0 Å². The molecule has 4 rings (SSSR count). The Morgan fingerprint density at radius 1 is 1.03 bits per heavy atom. The summed E-state index contributed by atoms with van der Waals surface area (Å²) in [6, 6.07) is 17.8. The summed E-state index contributed by atoms with van der Waals surface area (Å²) in [5.74, 6) is 0.254. The van der Waals surface area contributed by atoms with E-state index in [-0.39, 0.29) is 23.8 Å². The van der Waals surface area contributed by atoms with Crippen LogP contribution < -0.4 is 16.0 Å². The van der Waals surface area contributed by atoms with Gasteiger partial charge >= 0.3 is 0 Å². The number of amides is 2. The zero-order valence-corrected chi connectivity index (χ0v) is 21.9. The van der Waals surface area contributed by atoms with Gasteiger partial charge in [0.15, 0.2) is 0 Å². The Balaban J connectivity index is 1.53. The fourth-order valence-electron chi connectivity index (χ4n) is 4.66. The molecule has 0 unspecified atom stereocenters. The SMILES string of the molecule is Cc1cccc(NC(=O)c2c(NC(=O)CNCc3ccccc3)sc3c2CC[C@H](C(C)(C)C)C3)c1. The normalized spacial score (nSPS) is 15.4. The Kier molecular flexibility index (Phi) is 7.72. The average Bonchev–Trinajstić information content (AvgIpc) is 3.16. The molecule has 2 aromatic carbocycles. The fourth-order valence-corrected chi connectivity index (χ4v) is 6.00. The molecule has 0 saturated heterocycles. The Morgan fingerprint density at radius 3 is 2.51 bits per heavy atom. The molecule has 0 aliphatic heterocycles. The van der Waals surface area contributed by atoms with E-state index < -0.39 is 0 Å². The highest BCUT2D eigenvalue weighted by molar-refractivity contribution is 7.17. The number of rotatable bonds is 7. The number of anilines is 2. The second-order valence-corrected chi connectivity index (χ2v) is 11.6. The van der Waals surface area contributed by atoms with Gasteiger partial charge in [0.1, 0.15) is 5.00 Å². The number of aryl methyl sites for hydroxylation is 1. The number of carbonyl (C=O) groups excluding carboxylic acids is 2. The van der Waals surface area contributed by atoms with E-state index in [1.807, 2.05) is 61.5 Å². The Bertz CT molecular complexity index is 1190. The quantitative estimate of drug-likeness (QED) is 0.371. The molecular formula is C29H35N3O2S. The summed E-state index contributed by atoms with van der Waals surface area (Å²) < 4.78 is 0. The first-order valence-corrected chi connectivity index (χ1v) is 13.1. The molecule has 0 saturated carbocycles. The first kappa shape index (κ1) is 25.1. The number of hydrogen-bond acceptors (Lipinski definition) is 4. The minimum atomic E-state index is -0.158. The molecule has 3 N–H and O–H groups in total. The van der Waals surface area contributed by atoms with Crippen molar-refractivity contribution >= 4 is 33.8 Å². The molecule has 184 valence electrons. The van der Waals surface area contributed by atoms with E-state index in [4.69, 9.17) is 0 Å². The van der Waals surface area contributed by atoms with Crippen LogP contribution in [0.5, 0.6) is 0 Å². The molecule has 1 atom stereocenters. The summed E-state index contributed by atoms with van der Waals surface area (Å²) in [4.78, 5) is 27.5. The molecule has 1 heterocycles. The van der Waals surface area contributed by atoms with Gasteiger partial charge in [-0.2, -0.15) is 0 Å². The number of hydrogen-bond donors (Lipinski definition) is 3. The molecule has 3 aromatic rings. The van der Waals surface area contributed by atoms with E-state index in [0.717, 1.165) is 41.6 Å². The smallest absolute Gasteiger partial charge is 0.258 e. The largest absolute Gasteiger partial charge is 0.322 e. The van der Waals surface area contributed by atoms with Crippen LogP contribution in [0.2, 0.25) is 0 Å². The van der Waals surface area contributed by atoms with Gasteiger partial charge in [-0.1, -0.05) is 63.2 Å². The standard InChI is InChI=1S/C29H35N3O2S/c1-19-9-8-12-22(15-19)31-27(34)26-23-14-13-21(29(2,3)4)16-24(23)35-28(26)32-25(33)18-30-17-20-10-6-5-7-11-20/h5-12,15,21,30H,13-14,16-18H2,1-4H3,(H,31,34)(H,32,33)/t21-/m0/s1. The van der Waals surface area contributed by atoms with Crippen LogP contribution >= 0.6 is 11.3 Å². The van der Waals surface area contributed by atoms with Gasteiger partial charge in [0, 0.05) is 17.1 Å². The first-order chi connectivity index (χ1) is 16.7. The molecule has 0 radical (unpaired) electrons. The Hall–Kier alpha value is -2.96. The molecule has 1 aromatic heterocycles. The van der Waals surface area contributed by atoms with Crippen molar-refractivity contribution in [1.29, 1.82) is 0 Å².